The van der Waals surface area contributed by atoms with Gasteiger partial charge in [0.2, 0.25) is 0 Å². The summed E-state index contributed by atoms with van der Waals surface area (Å²) in [6.07, 6.45) is -2.55. The van der Waals surface area contributed by atoms with Crippen molar-refractivity contribution >= 4 is 24.2 Å². The number of hydrogen-bond acceptors (Lipinski definition) is 10. The van der Waals surface area contributed by atoms with Crippen molar-refractivity contribution in [3.05, 3.63) is 23.8 Å². The van der Waals surface area contributed by atoms with Crippen LogP contribution in [0.15, 0.2) is 18.2 Å². The van der Waals surface area contributed by atoms with E-state index in [4.69, 9.17) is 29.4 Å². The maximum Gasteiger partial charge on any atom is 0.514 e. The number of ether oxygens (including phenoxy) is 5. The second-order valence-electron chi connectivity index (χ2n) is 12.6. The zero-order valence-corrected chi connectivity index (χ0v) is 24.6. The summed E-state index contributed by atoms with van der Waals surface area (Å²) in [6, 6.07) is 2.76. The Morgan fingerprint density at radius 3 is 1.77 bits per heavy atom. The Balaban J connectivity index is 3.39. The molecular formula is C28H43NO10. The van der Waals surface area contributed by atoms with Crippen LogP contribution in [0.2, 0.25) is 0 Å². The maximum absolute atomic E-state index is 12.4. The molecule has 1 aromatic carbocycles. The van der Waals surface area contributed by atoms with Crippen molar-refractivity contribution in [1.29, 1.82) is 0 Å². The van der Waals surface area contributed by atoms with Crippen LogP contribution in [-0.4, -0.2) is 52.7 Å². The van der Waals surface area contributed by atoms with E-state index < -0.39 is 53.5 Å². The Hall–Kier alpha value is -3.34. The minimum absolute atomic E-state index is 0.0570. The summed E-state index contributed by atoms with van der Waals surface area (Å²) in [4.78, 5) is 48.9. The summed E-state index contributed by atoms with van der Waals surface area (Å²) >= 11 is 0. The predicted octanol–water partition coefficient (Wildman–Crippen LogP) is 5.57. The standard InChI is InChI=1S/C28H43NO10/c1-16(35-21(30)15-26(2,3)4)13-18(22(29)23(31)32)17-11-12-19(36-24(33)38-27(5,6)7)20(14-17)37-25(34)39-28(8,9)10/h11-12,14,16,18,22H,13,15,29H2,1-10H3,(H,31,32)/t16?,18?,22-/m0/s1. The number of carbonyl (C=O) groups is 4. The molecule has 39 heavy (non-hydrogen) atoms. The van der Waals surface area contributed by atoms with Gasteiger partial charge < -0.3 is 34.5 Å². The summed E-state index contributed by atoms with van der Waals surface area (Å²) in [5.41, 5.74) is 4.36. The molecule has 1 rings (SSSR count). The second kappa shape index (κ2) is 13.1. The molecule has 0 fully saturated rings. The fourth-order valence-corrected chi connectivity index (χ4v) is 3.41. The monoisotopic (exact) mass is 553 g/mol. The third kappa shape index (κ3) is 13.3. The van der Waals surface area contributed by atoms with Gasteiger partial charge in [0.1, 0.15) is 17.2 Å². The molecule has 11 heteroatoms. The largest absolute Gasteiger partial charge is 0.514 e. The topological polar surface area (TPSA) is 161 Å². The molecule has 3 N–H and O–H groups in total. The maximum atomic E-state index is 12.4. The van der Waals surface area contributed by atoms with E-state index in [2.05, 4.69) is 0 Å². The Labute approximate surface area is 230 Å². The van der Waals surface area contributed by atoms with E-state index in [-0.39, 0.29) is 29.8 Å². The van der Waals surface area contributed by atoms with Gasteiger partial charge in [0.15, 0.2) is 11.5 Å². The van der Waals surface area contributed by atoms with Crippen LogP contribution in [0.5, 0.6) is 11.5 Å². The van der Waals surface area contributed by atoms with Crippen LogP contribution >= 0.6 is 0 Å². The Morgan fingerprint density at radius 1 is 0.846 bits per heavy atom. The molecule has 0 bridgehead atoms. The quantitative estimate of drug-likeness (QED) is 0.223. The van der Waals surface area contributed by atoms with E-state index in [9.17, 15) is 24.3 Å². The van der Waals surface area contributed by atoms with Gasteiger partial charge in [-0.3, -0.25) is 9.59 Å². The van der Waals surface area contributed by atoms with E-state index in [1.807, 2.05) is 20.8 Å². The molecule has 0 aliphatic heterocycles. The first-order chi connectivity index (χ1) is 17.6. The van der Waals surface area contributed by atoms with Crippen molar-refractivity contribution in [2.75, 3.05) is 0 Å². The van der Waals surface area contributed by atoms with Crippen LogP contribution in [0.4, 0.5) is 9.59 Å². The van der Waals surface area contributed by atoms with Crippen molar-refractivity contribution in [3.63, 3.8) is 0 Å². The molecular weight excluding hydrogens is 510 g/mol. The van der Waals surface area contributed by atoms with E-state index in [1.165, 1.54) is 18.2 Å². The number of carboxylic acids is 1. The molecule has 0 amide bonds. The first-order valence-corrected chi connectivity index (χ1v) is 12.7. The molecule has 0 aliphatic rings. The molecule has 0 aliphatic carbocycles. The van der Waals surface area contributed by atoms with Crippen molar-refractivity contribution in [2.45, 2.75) is 111 Å². The lowest BCUT2D eigenvalue weighted by Gasteiger charge is -2.26. The smallest absolute Gasteiger partial charge is 0.480 e. The summed E-state index contributed by atoms with van der Waals surface area (Å²) in [6.45, 7) is 17.2. The van der Waals surface area contributed by atoms with Crippen molar-refractivity contribution < 1.29 is 48.0 Å². The molecule has 3 atom stereocenters. The lowest BCUT2D eigenvalue weighted by atomic mass is 9.86. The number of carboxylic acid groups (broad SMARTS) is 1. The van der Waals surface area contributed by atoms with Gasteiger partial charge in [-0.05, 0) is 78.0 Å². The molecule has 220 valence electrons. The van der Waals surface area contributed by atoms with E-state index >= 15 is 0 Å². The average molecular weight is 554 g/mol. The summed E-state index contributed by atoms with van der Waals surface area (Å²) in [7, 11) is 0. The Bertz CT molecular complexity index is 1030. The SMILES string of the molecule is CC(CC(c1ccc(OC(=O)OC(C)(C)C)c(OC(=O)OC(C)(C)C)c1)[C@H](N)C(=O)O)OC(=O)CC(C)(C)C. The highest BCUT2D eigenvalue weighted by molar-refractivity contribution is 5.75. The summed E-state index contributed by atoms with van der Waals surface area (Å²) in [5.74, 6) is -2.94. The van der Waals surface area contributed by atoms with Crippen LogP contribution in [0.25, 0.3) is 0 Å². The van der Waals surface area contributed by atoms with Gasteiger partial charge in [-0.2, -0.15) is 0 Å². The van der Waals surface area contributed by atoms with Gasteiger partial charge in [-0.1, -0.05) is 26.8 Å². The van der Waals surface area contributed by atoms with Crippen LogP contribution in [0.3, 0.4) is 0 Å². The van der Waals surface area contributed by atoms with E-state index in [0.717, 1.165) is 0 Å². The van der Waals surface area contributed by atoms with Gasteiger partial charge >= 0.3 is 24.2 Å². The van der Waals surface area contributed by atoms with E-state index in [1.54, 1.807) is 48.5 Å². The highest BCUT2D eigenvalue weighted by atomic mass is 16.8. The van der Waals surface area contributed by atoms with Crippen molar-refractivity contribution in [3.8, 4) is 11.5 Å². The first kappa shape index (κ1) is 33.7. The zero-order chi connectivity index (χ0) is 30.3. The molecule has 0 saturated carbocycles. The third-order valence-electron chi connectivity index (χ3n) is 4.87. The van der Waals surface area contributed by atoms with Crippen LogP contribution in [0, 0.1) is 5.41 Å². The van der Waals surface area contributed by atoms with Gasteiger partial charge in [0.25, 0.3) is 0 Å². The predicted molar refractivity (Wildman–Crippen MR) is 143 cm³/mol. The second-order valence-corrected chi connectivity index (χ2v) is 12.6. The van der Waals surface area contributed by atoms with Crippen LogP contribution < -0.4 is 15.2 Å². The van der Waals surface area contributed by atoms with Gasteiger partial charge in [-0.25, -0.2) is 9.59 Å². The Kier molecular flexibility index (Phi) is 11.4. The van der Waals surface area contributed by atoms with Crippen LogP contribution in [-0.2, 0) is 23.8 Å². The number of nitrogens with two attached hydrogens (primary N) is 1. The molecule has 11 nitrogen and oxygen atoms in total. The summed E-state index contributed by atoms with van der Waals surface area (Å²) in [5, 5.41) is 9.66. The minimum atomic E-state index is -1.39. The number of aliphatic carboxylic acids is 1. The Morgan fingerprint density at radius 2 is 1.33 bits per heavy atom. The lowest BCUT2D eigenvalue weighted by Crippen LogP contribution is -2.38. The molecule has 0 heterocycles. The van der Waals surface area contributed by atoms with Crippen molar-refractivity contribution in [2.24, 2.45) is 11.1 Å². The molecule has 0 spiro atoms. The third-order valence-corrected chi connectivity index (χ3v) is 4.87. The zero-order valence-electron chi connectivity index (χ0n) is 24.6. The number of rotatable bonds is 9. The molecule has 0 aromatic heterocycles. The number of esters is 1. The summed E-state index contributed by atoms with van der Waals surface area (Å²) < 4.78 is 26.5. The number of carbonyl (C=O) groups excluding carboxylic acids is 3. The van der Waals surface area contributed by atoms with Crippen LogP contribution in [0.1, 0.15) is 93.6 Å². The molecule has 0 saturated heterocycles. The van der Waals surface area contributed by atoms with Gasteiger partial charge in [-0.15, -0.1) is 0 Å². The number of benzene rings is 1. The number of hydrogen-bond donors (Lipinski definition) is 2. The van der Waals surface area contributed by atoms with Crippen molar-refractivity contribution in [1.82, 2.24) is 0 Å². The highest BCUT2D eigenvalue weighted by Gasteiger charge is 2.31. The fraction of sp³-hybridized carbons (Fsp3) is 0.643. The lowest BCUT2D eigenvalue weighted by molar-refractivity contribution is -0.151. The molecule has 1 aromatic rings. The molecule has 2 unspecified atom stereocenters. The average Bonchev–Trinajstić information content (AvgIpc) is 2.68. The highest BCUT2D eigenvalue weighted by Crippen LogP contribution is 2.35. The van der Waals surface area contributed by atoms with E-state index in [0.29, 0.717) is 5.56 Å². The first-order valence-electron chi connectivity index (χ1n) is 12.7. The molecule has 0 radical (unpaired) electrons. The fourth-order valence-electron chi connectivity index (χ4n) is 3.41. The minimum Gasteiger partial charge on any atom is -0.480 e. The normalized spacial score (nSPS) is 14.4. The van der Waals surface area contributed by atoms with Gasteiger partial charge in [0, 0.05) is 5.92 Å². The van der Waals surface area contributed by atoms with Gasteiger partial charge in [0.05, 0.1) is 12.5 Å².